The molecular formula is C52H30S2. The maximum absolute atomic E-state index is 2.42. The molecule has 2 heterocycles. The molecule has 250 valence electrons. The minimum Gasteiger partial charge on any atom is -0.135 e. The lowest BCUT2D eigenvalue weighted by atomic mass is 9.85. The summed E-state index contributed by atoms with van der Waals surface area (Å²) in [7, 11) is 0. The van der Waals surface area contributed by atoms with Gasteiger partial charge in [0.05, 0.1) is 0 Å². The number of benzene rings is 10. The summed E-state index contributed by atoms with van der Waals surface area (Å²) in [6.45, 7) is 0. The van der Waals surface area contributed by atoms with Crippen molar-refractivity contribution < 1.29 is 0 Å². The molecule has 0 fully saturated rings. The van der Waals surface area contributed by atoms with Gasteiger partial charge < -0.3 is 0 Å². The molecule has 0 atom stereocenters. The molecule has 12 rings (SSSR count). The molecule has 0 amide bonds. The minimum atomic E-state index is 1.24. The summed E-state index contributed by atoms with van der Waals surface area (Å²) in [6, 6.07) is 68.0. The van der Waals surface area contributed by atoms with Crippen LogP contribution >= 0.6 is 22.7 Å². The summed E-state index contributed by atoms with van der Waals surface area (Å²) in [6.07, 6.45) is 0. The third-order valence-corrected chi connectivity index (χ3v) is 13.6. The second-order valence-corrected chi connectivity index (χ2v) is 16.6. The zero-order valence-electron chi connectivity index (χ0n) is 29.1. The Balaban J connectivity index is 0.976. The highest BCUT2D eigenvalue weighted by molar-refractivity contribution is 7.26. The summed E-state index contributed by atoms with van der Waals surface area (Å²) in [4.78, 5) is 0. The molecule has 0 bridgehead atoms. The van der Waals surface area contributed by atoms with Crippen LogP contribution in [-0.4, -0.2) is 0 Å². The molecule has 0 spiro atoms. The number of hydrogen-bond donors (Lipinski definition) is 0. The highest BCUT2D eigenvalue weighted by Crippen LogP contribution is 2.45. The van der Waals surface area contributed by atoms with Crippen LogP contribution in [0.1, 0.15) is 0 Å². The lowest BCUT2D eigenvalue weighted by Crippen LogP contribution is -1.90. The van der Waals surface area contributed by atoms with Crippen molar-refractivity contribution in [3.05, 3.63) is 182 Å². The minimum absolute atomic E-state index is 1.24. The van der Waals surface area contributed by atoms with Crippen LogP contribution in [0.3, 0.4) is 0 Å². The van der Waals surface area contributed by atoms with Gasteiger partial charge in [0.15, 0.2) is 0 Å². The van der Waals surface area contributed by atoms with Gasteiger partial charge in [-0.1, -0.05) is 127 Å². The molecule has 0 saturated heterocycles. The standard InChI is InChI=1S/C52H30S2/c1-2-10-31(11-3-1)51-40-13-4-6-15-42(40)52(43-16-7-5-14-41(43)51)36-21-20-32-24-33(18-19-34(32)25-36)35-22-23-48-45(26-35)46-28-37-27-44-39-12-8-9-17-47(39)53-49(44)29-38(37)30-50(46)54-48/h1-30H. The van der Waals surface area contributed by atoms with Crippen molar-refractivity contribution >= 4 is 106 Å². The average molecular weight is 719 g/mol. The Morgan fingerprint density at radius 3 is 1.33 bits per heavy atom. The molecule has 2 aromatic heterocycles. The van der Waals surface area contributed by atoms with E-state index in [9.17, 15) is 0 Å². The Kier molecular flexibility index (Phi) is 6.48. The summed E-state index contributed by atoms with van der Waals surface area (Å²) in [5.74, 6) is 0. The van der Waals surface area contributed by atoms with Crippen molar-refractivity contribution in [3.8, 4) is 33.4 Å². The van der Waals surface area contributed by atoms with Crippen LogP contribution in [0.2, 0.25) is 0 Å². The van der Waals surface area contributed by atoms with Gasteiger partial charge in [0.2, 0.25) is 0 Å². The zero-order chi connectivity index (χ0) is 35.3. The predicted octanol–water partition coefficient (Wildman–Crippen LogP) is 16.0. The zero-order valence-corrected chi connectivity index (χ0v) is 30.8. The molecule has 54 heavy (non-hydrogen) atoms. The van der Waals surface area contributed by atoms with E-state index in [2.05, 4.69) is 182 Å². The van der Waals surface area contributed by atoms with Crippen molar-refractivity contribution in [1.82, 2.24) is 0 Å². The fourth-order valence-corrected chi connectivity index (χ4v) is 11.1. The molecule has 0 aliphatic heterocycles. The van der Waals surface area contributed by atoms with Crippen molar-refractivity contribution in [2.45, 2.75) is 0 Å². The first-order valence-corrected chi connectivity index (χ1v) is 20.1. The van der Waals surface area contributed by atoms with Crippen LogP contribution in [0.25, 0.3) is 117 Å². The average Bonchev–Trinajstić information content (AvgIpc) is 3.77. The molecule has 0 unspecified atom stereocenters. The van der Waals surface area contributed by atoms with Crippen LogP contribution in [0, 0.1) is 0 Å². The van der Waals surface area contributed by atoms with Crippen LogP contribution in [-0.2, 0) is 0 Å². The van der Waals surface area contributed by atoms with Gasteiger partial charge in [-0.25, -0.2) is 0 Å². The summed E-state index contributed by atoms with van der Waals surface area (Å²) < 4.78 is 5.39. The van der Waals surface area contributed by atoms with Gasteiger partial charge in [0.1, 0.15) is 0 Å². The van der Waals surface area contributed by atoms with Crippen molar-refractivity contribution in [2.24, 2.45) is 0 Å². The van der Waals surface area contributed by atoms with Crippen molar-refractivity contribution in [2.75, 3.05) is 0 Å². The second-order valence-electron chi connectivity index (χ2n) is 14.4. The molecule has 2 heteroatoms. The number of hydrogen-bond acceptors (Lipinski definition) is 2. The lowest BCUT2D eigenvalue weighted by Gasteiger charge is -2.18. The highest BCUT2D eigenvalue weighted by Gasteiger charge is 2.17. The van der Waals surface area contributed by atoms with Gasteiger partial charge >= 0.3 is 0 Å². The van der Waals surface area contributed by atoms with E-state index < -0.39 is 0 Å². The van der Waals surface area contributed by atoms with Gasteiger partial charge in [-0.05, 0) is 131 Å². The number of thiophene rings is 2. The molecule has 0 N–H and O–H groups in total. The van der Waals surface area contributed by atoms with E-state index in [0.29, 0.717) is 0 Å². The molecular weight excluding hydrogens is 689 g/mol. The lowest BCUT2D eigenvalue weighted by molar-refractivity contribution is 1.66. The monoisotopic (exact) mass is 718 g/mol. The normalized spacial score (nSPS) is 12.1. The topological polar surface area (TPSA) is 0 Å². The highest BCUT2D eigenvalue weighted by atomic mass is 32.1. The van der Waals surface area contributed by atoms with Gasteiger partial charge in [-0.3, -0.25) is 0 Å². The molecule has 0 nitrogen and oxygen atoms in total. The van der Waals surface area contributed by atoms with Gasteiger partial charge in [0, 0.05) is 40.3 Å². The van der Waals surface area contributed by atoms with Crippen molar-refractivity contribution in [1.29, 1.82) is 0 Å². The number of fused-ring (bicyclic) bond motifs is 10. The van der Waals surface area contributed by atoms with Crippen LogP contribution in [0.4, 0.5) is 0 Å². The SMILES string of the molecule is c1ccc(-c2c3ccccc3c(-c3ccc4cc(-c5ccc6sc7cc8cc9sc%10ccccc%10c9cc8cc7c6c5)ccc4c3)c3ccccc23)cc1. The Morgan fingerprint density at radius 1 is 0.222 bits per heavy atom. The molecule has 0 saturated carbocycles. The van der Waals surface area contributed by atoms with Gasteiger partial charge in [-0.15, -0.1) is 22.7 Å². The summed E-state index contributed by atoms with van der Waals surface area (Å²) in [5.41, 5.74) is 7.58. The smallest absolute Gasteiger partial charge is 0.0361 e. The summed E-state index contributed by atoms with van der Waals surface area (Å²) >= 11 is 3.79. The van der Waals surface area contributed by atoms with Crippen LogP contribution in [0.5, 0.6) is 0 Å². The molecule has 0 radical (unpaired) electrons. The van der Waals surface area contributed by atoms with Crippen LogP contribution < -0.4 is 0 Å². The largest absolute Gasteiger partial charge is 0.135 e. The van der Waals surface area contributed by atoms with E-state index in [4.69, 9.17) is 0 Å². The first kappa shape index (κ1) is 30.2. The van der Waals surface area contributed by atoms with E-state index in [0.717, 1.165) is 0 Å². The van der Waals surface area contributed by atoms with E-state index in [1.54, 1.807) is 0 Å². The van der Waals surface area contributed by atoms with E-state index in [-0.39, 0.29) is 0 Å². The quantitative estimate of drug-likeness (QED) is 0.160. The fourth-order valence-electron chi connectivity index (χ4n) is 8.86. The van der Waals surface area contributed by atoms with Crippen LogP contribution in [0.15, 0.2) is 182 Å². The predicted molar refractivity (Wildman–Crippen MR) is 239 cm³/mol. The first-order valence-electron chi connectivity index (χ1n) is 18.5. The first-order chi connectivity index (χ1) is 26.7. The van der Waals surface area contributed by atoms with E-state index >= 15 is 0 Å². The Bertz CT molecular complexity index is 3430. The Morgan fingerprint density at radius 2 is 0.667 bits per heavy atom. The Labute approximate surface area is 319 Å². The molecule has 0 aliphatic rings. The van der Waals surface area contributed by atoms with Gasteiger partial charge in [-0.2, -0.15) is 0 Å². The van der Waals surface area contributed by atoms with Crippen molar-refractivity contribution in [3.63, 3.8) is 0 Å². The van der Waals surface area contributed by atoms with E-state index in [1.165, 1.54) is 117 Å². The second kappa shape index (κ2) is 11.6. The molecule has 12 aromatic rings. The molecule has 0 aliphatic carbocycles. The maximum atomic E-state index is 2.42. The maximum Gasteiger partial charge on any atom is 0.0361 e. The molecule has 10 aromatic carbocycles. The third kappa shape index (κ3) is 4.54. The fraction of sp³-hybridized carbons (Fsp3) is 0. The number of rotatable bonds is 3. The van der Waals surface area contributed by atoms with E-state index in [1.807, 2.05) is 22.7 Å². The van der Waals surface area contributed by atoms with Gasteiger partial charge in [0.25, 0.3) is 0 Å². The third-order valence-electron chi connectivity index (χ3n) is 11.4. The summed E-state index contributed by atoms with van der Waals surface area (Å²) in [5, 5.41) is 15.6. The Hall–Kier alpha value is -6.32.